The van der Waals surface area contributed by atoms with E-state index in [-0.39, 0.29) is 18.5 Å². The van der Waals surface area contributed by atoms with Gasteiger partial charge in [0.15, 0.2) is 0 Å². The van der Waals surface area contributed by atoms with E-state index in [1.165, 1.54) is 0 Å². The Hall–Kier alpha value is -2.61. The molecule has 8 heteroatoms. The van der Waals surface area contributed by atoms with E-state index in [1.807, 2.05) is 42.3 Å². The molecule has 4 rings (SSSR count). The number of hydrogen-bond acceptors (Lipinski definition) is 5. The van der Waals surface area contributed by atoms with Crippen LogP contribution in [0.25, 0.3) is 10.9 Å². The molecule has 2 aliphatic heterocycles. The lowest BCUT2D eigenvalue weighted by molar-refractivity contribution is -0.131. The van der Waals surface area contributed by atoms with Crippen molar-refractivity contribution in [2.24, 2.45) is 0 Å². The summed E-state index contributed by atoms with van der Waals surface area (Å²) in [5, 5.41) is 5.55. The Labute approximate surface area is 171 Å². The number of benzene rings is 1. The average Bonchev–Trinajstić information content (AvgIpc) is 3.28. The van der Waals surface area contributed by atoms with Gasteiger partial charge in [-0.3, -0.25) is 14.4 Å². The van der Waals surface area contributed by atoms with Crippen LogP contribution in [0.4, 0.5) is 4.79 Å². The molecule has 8 nitrogen and oxygen atoms in total. The Morgan fingerprint density at radius 1 is 1.10 bits per heavy atom. The van der Waals surface area contributed by atoms with Gasteiger partial charge in [0, 0.05) is 56.9 Å². The highest BCUT2D eigenvalue weighted by atomic mass is 16.6. The van der Waals surface area contributed by atoms with Crippen LogP contribution in [0.1, 0.15) is 19.8 Å². The van der Waals surface area contributed by atoms with Crippen molar-refractivity contribution < 1.29 is 14.3 Å². The number of carbonyl (C=O) groups excluding carboxylic acids is 2. The van der Waals surface area contributed by atoms with Gasteiger partial charge in [-0.05, 0) is 25.8 Å². The summed E-state index contributed by atoms with van der Waals surface area (Å²) < 4.78 is 6.86. The summed E-state index contributed by atoms with van der Waals surface area (Å²) in [4.78, 5) is 30.9. The molecular formula is C21H29N5O3. The van der Waals surface area contributed by atoms with Gasteiger partial charge in [0.05, 0.1) is 12.1 Å². The van der Waals surface area contributed by atoms with Gasteiger partial charge in [-0.2, -0.15) is 5.10 Å². The molecule has 2 fully saturated rings. The number of fused-ring (bicyclic) bond motifs is 1. The van der Waals surface area contributed by atoms with Gasteiger partial charge >= 0.3 is 6.09 Å². The fourth-order valence-electron chi connectivity index (χ4n) is 4.31. The summed E-state index contributed by atoms with van der Waals surface area (Å²) in [6.07, 6.45) is 3.63. The maximum atomic E-state index is 12.8. The van der Waals surface area contributed by atoms with Crippen molar-refractivity contribution >= 4 is 22.9 Å². The smallest absolute Gasteiger partial charge is 0.409 e. The fourth-order valence-corrected chi connectivity index (χ4v) is 4.31. The second-order valence-electron chi connectivity index (χ2n) is 7.74. The standard InChI is InChI=1S/C21H29N5O3/c1-2-29-21(28)25-11-8-18(15-25)23-9-5-10-24(13-12-23)20(27)16-26-14-17-6-3-4-7-19(17)22-26/h3-4,6-7,14,18H,2,5,8-13,15-16H2,1H3. The molecule has 0 radical (unpaired) electrons. The van der Waals surface area contributed by atoms with Crippen LogP contribution in [-0.2, 0) is 16.1 Å². The number of aromatic nitrogens is 2. The molecule has 3 heterocycles. The highest BCUT2D eigenvalue weighted by Crippen LogP contribution is 2.19. The Kier molecular flexibility index (Phi) is 5.99. The third kappa shape index (κ3) is 4.53. The first-order valence-electron chi connectivity index (χ1n) is 10.5. The quantitative estimate of drug-likeness (QED) is 0.784. The minimum absolute atomic E-state index is 0.110. The first kappa shape index (κ1) is 19.7. The van der Waals surface area contributed by atoms with Gasteiger partial charge < -0.3 is 14.5 Å². The van der Waals surface area contributed by atoms with E-state index in [2.05, 4.69) is 10.00 Å². The minimum atomic E-state index is -0.215. The van der Waals surface area contributed by atoms with Crippen LogP contribution in [-0.4, -0.2) is 88.4 Å². The third-order valence-corrected chi connectivity index (χ3v) is 5.85. The van der Waals surface area contributed by atoms with Crippen molar-refractivity contribution in [1.82, 2.24) is 24.5 Å². The monoisotopic (exact) mass is 399 g/mol. The molecule has 0 bridgehead atoms. The molecule has 1 unspecified atom stereocenters. The molecule has 1 atom stereocenters. The highest BCUT2D eigenvalue weighted by Gasteiger charge is 2.32. The van der Waals surface area contributed by atoms with Crippen LogP contribution in [0.3, 0.4) is 0 Å². The number of ether oxygens (including phenoxy) is 1. The maximum Gasteiger partial charge on any atom is 0.409 e. The van der Waals surface area contributed by atoms with E-state index in [1.54, 1.807) is 9.58 Å². The van der Waals surface area contributed by atoms with Crippen LogP contribution in [0.15, 0.2) is 30.5 Å². The van der Waals surface area contributed by atoms with Gasteiger partial charge in [-0.1, -0.05) is 18.2 Å². The number of hydrogen-bond donors (Lipinski definition) is 0. The maximum absolute atomic E-state index is 12.8. The number of rotatable bonds is 4. The largest absolute Gasteiger partial charge is 0.450 e. The van der Waals surface area contributed by atoms with Crippen molar-refractivity contribution in [2.75, 3.05) is 45.9 Å². The average molecular weight is 399 g/mol. The zero-order valence-electron chi connectivity index (χ0n) is 17.0. The second kappa shape index (κ2) is 8.82. The summed E-state index contributed by atoms with van der Waals surface area (Å²) >= 11 is 0. The lowest BCUT2D eigenvalue weighted by Gasteiger charge is -2.27. The van der Waals surface area contributed by atoms with E-state index in [0.29, 0.717) is 19.2 Å². The van der Waals surface area contributed by atoms with Gasteiger partial charge in [-0.15, -0.1) is 0 Å². The highest BCUT2D eigenvalue weighted by molar-refractivity contribution is 5.80. The Bertz CT molecular complexity index is 834. The molecule has 1 aromatic heterocycles. The topological polar surface area (TPSA) is 70.9 Å². The van der Waals surface area contributed by atoms with Crippen LogP contribution < -0.4 is 0 Å². The molecule has 1 aromatic carbocycles. The summed E-state index contributed by atoms with van der Waals surface area (Å²) in [5.74, 6) is 0.110. The SMILES string of the molecule is CCOC(=O)N1CCC(N2CCCN(C(=O)Cn3cc4ccccc4n3)CC2)C1. The molecule has 156 valence electrons. The van der Waals surface area contributed by atoms with Crippen molar-refractivity contribution in [2.45, 2.75) is 32.4 Å². The number of amides is 2. The van der Waals surface area contributed by atoms with E-state index < -0.39 is 0 Å². The van der Waals surface area contributed by atoms with Crippen molar-refractivity contribution in [1.29, 1.82) is 0 Å². The molecule has 0 N–H and O–H groups in total. The lowest BCUT2D eigenvalue weighted by Crippen LogP contribution is -2.42. The first-order valence-corrected chi connectivity index (χ1v) is 10.5. The summed E-state index contributed by atoms with van der Waals surface area (Å²) in [6.45, 7) is 7.26. The van der Waals surface area contributed by atoms with E-state index >= 15 is 0 Å². The zero-order chi connectivity index (χ0) is 20.2. The molecule has 0 aliphatic carbocycles. The normalized spacial score (nSPS) is 20.8. The van der Waals surface area contributed by atoms with Crippen molar-refractivity contribution in [3.8, 4) is 0 Å². The number of carbonyl (C=O) groups is 2. The number of likely N-dealkylation sites (tertiary alicyclic amines) is 1. The molecule has 0 spiro atoms. The molecule has 2 saturated heterocycles. The van der Waals surface area contributed by atoms with Gasteiger partial charge in [0.1, 0.15) is 6.54 Å². The van der Waals surface area contributed by atoms with E-state index in [0.717, 1.165) is 56.5 Å². The summed E-state index contributed by atoms with van der Waals surface area (Å²) in [6, 6.07) is 8.25. The van der Waals surface area contributed by atoms with Gasteiger partial charge in [0.25, 0.3) is 0 Å². The van der Waals surface area contributed by atoms with Gasteiger partial charge in [-0.25, -0.2) is 4.79 Å². The second-order valence-corrected chi connectivity index (χ2v) is 7.74. The molecule has 29 heavy (non-hydrogen) atoms. The van der Waals surface area contributed by atoms with Gasteiger partial charge in [0.2, 0.25) is 5.91 Å². The molecular weight excluding hydrogens is 370 g/mol. The van der Waals surface area contributed by atoms with E-state index in [9.17, 15) is 9.59 Å². The van der Waals surface area contributed by atoms with Crippen LogP contribution >= 0.6 is 0 Å². The Morgan fingerprint density at radius 2 is 1.97 bits per heavy atom. The van der Waals surface area contributed by atoms with Crippen LogP contribution in [0.2, 0.25) is 0 Å². The molecule has 2 amide bonds. The number of nitrogens with zero attached hydrogens (tertiary/aromatic N) is 5. The lowest BCUT2D eigenvalue weighted by atomic mass is 10.2. The van der Waals surface area contributed by atoms with Crippen LogP contribution in [0, 0.1) is 0 Å². The predicted molar refractivity (Wildman–Crippen MR) is 110 cm³/mol. The Morgan fingerprint density at radius 3 is 2.79 bits per heavy atom. The summed E-state index contributed by atoms with van der Waals surface area (Å²) in [5.41, 5.74) is 0.912. The van der Waals surface area contributed by atoms with Crippen molar-refractivity contribution in [3.63, 3.8) is 0 Å². The Balaban J connectivity index is 1.30. The minimum Gasteiger partial charge on any atom is -0.450 e. The molecule has 2 aliphatic rings. The molecule has 2 aromatic rings. The fraction of sp³-hybridized carbons (Fsp3) is 0.571. The van der Waals surface area contributed by atoms with Crippen molar-refractivity contribution in [3.05, 3.63) is 30.5 Å². The zero-order valence-corrected chi connectivity index (χ0v) is 17.0. The molecule has 0 saturated carbocycles. The van der Waals surface area contributed by atoms with E-state index in [4.69, 9.17) is 4.74 Å². The predicted octanol–water partition coefficient (Wildman–Crippen LogP) is 1.80. The van der Waals surface area contributed by atoms with Crippen LogP contribution in [0.5, 0.6) is 0 Å². The first-order chi connectivity index (χ1) is 14.1. The third-order valence-electron chi connectivity index (χ3n) is 5.85. The summed E-state index contributed by atoms with van der Waals surface area (Å²) in [7, 11) is 0.